The first-order chi connectivity index (χ1) is 13.7. The molecule has 0 atom stereocenters. The van der Waals surface area contributed by atoms with Crippen LogP contribution in [0, 0.1) is 5.82 Å². The molecule has 1 aromatic heterocycles. The Bertz CT molecular complexity index is 1070. The number of hydrogen-bond acceptors (Lipinski definition) is 4. The van der Waals surface area contributed by atoms with Crippen molar-refractivity contribution >= 4 is 5.91 Å². The van der Waals surface area contributed by atoms with Gasteiger partial charge in [0.15, 0.2) is 0 Å². The Morgan fingerprint density at radius 2 is 1.57 bits per heavy atom. The Morgan fingerprint density at radius 3 is 2.29 bits per heavy atom. The Morgan fingerprint density at radius 1 is 0.893 bits per heavy atom. The molecule has 0 aliphatic carbocycles. The summed E-state index contributed by atoms with van der Waals surface area (Å²) in [6.45, 7) is 0.466. The van der Waals surface area contributed by atoms with E-state index in [-0.39, 0.29) is 11.7 Å². The predicted molar refractivity (Wildman–Crippen MR) is 103 cm³/mol. The number of hydrogen-bond donors (Lipinski definition) is 1. The van der Waals surface area contributed by atoms with Gasteiger partial charge in [0, 0.05) is 23.2 Å². The minimum atomic E-state index is -0.329. The van der Waals surface area contributed by atoms with Crippen molar-refractivity contribution in [2.24, 2.45) is 0 Å². The summed E-state index contributed by atoms with van der Waals surface area (Å²) in [7, 11) is 0. The smallest absolute Gasteiger partial charge is 0.258 e. The first-order valence-corrected chi connectivity index (χ1v) is 8.71. The van der Waals surface area contributed by atoms with Crippen molar-refractivity contribution in [3.63, 3.8) is 0 Å². The van der Waals surface area contributed by atoms with Crippen LogP contribution in [0.25, 0.3) is 22.8 Å². The van der Waals surface area contributed by atoms with Crippen LogP contribution >= 0.6 is 0 Å². The van der Waals surface area contributed by atoms with Crippen LogP contribution in [0.2, 0.25) is 0 Å². The quantitative estimate of drug-likeness (QED) is 0.560. The van der Waals surface area contributed by atoms with E-state index in [1.165, 1.54) is 12.1 Å². The highest BCUT2D eigenvalue weighted by atomic mass is 19.1. The van der Waals surface area contributed by atoms with Crippen molar-refractivity contribution in [1.29, 1.82) is 0 Å². The third-order valence-corrected chi connectivity index (χ3v) is 4.22. The van der Waals surface area contributed by atoms with Gasteiger partial charge in [0.2, 0.25) is 5.82 Å². The van der Waals surface area contributed by atoms with Gasteiger partial charge in [-0.2, -0.15) is 4.98 Å². The van der Waals surface area contributed by atoms with Gasteiger partial charge < -0.3 is 9.84 Å². The van der Waals surface area contributed by atoms with Crippen molar-refractivity contribution in [2.75, 3.05) is 0 Å². The number of carbonyl (C=O) groups excluding carboxylic acids is 1. The fourth-order valence-corrected chi connectivity index (χ4v) is 2.70. The van der Waals surface area contributed by atoms with E-state index in [2.05, 4.69) is 15.5 Å². The molecule has 6 heteroatoms. The molecule has 1 amide bonds. The maximum atomic E-state index is 13.0. The number of nitrogens with zero attached hydrogens (tertiary/aromatic N) is 2. The molecule has 0 aliphatic rings. The second-order valence-electron chi connectivity index (χ2n) is 6.18. The summed E-state index contributed by atoms with van der Waals surface area (Å²) in [5, 5.41) is 6.84. The molecule has 5 nitrogen and oxygen atoms in total. The number of carbonyl (C=O) groups is 1. The molecular weight excluding hydrogens is 357 g/mol. The molecule has 4 aromatic rings. The zero-order valence-electron chi connectivity index (χ0n) is 14.8. The predicted octanol–water partition coefficient (Wildman–Crippen LogP) is 4.47. The maximum Gasteiger partial charge on any atom is 0.258 e. The van der Waals surface area contributed by atoms with Gasteiger partial charge in [0.1, 0.15) is 5.82 Å². The van der Waals surface area contributed by atoms with Crippen LogP contribution < -0.4 is 5.32 Å². The van der Waals surface area contributed by atoms with Gasteiger partial charge in [-0.3, -0.25) is 4.79 Å². The molecule has 0 saturated heterocycles. The van der Waals surface area contributed by atoms with E-state index in [4.69, 9.17) is 4.52 Å². The number of aromatic nitrogens is 2. The van der Waals surface area contributed by atoms with Gasteiger partial charge in [-0.1, -0.05) is 47.6 Å². The van der Waals surface area contributed by atoms with Gasteiger partial charge in [-0.05, 0) is 42.0 Å². The summed E-state index contributed by atoms with van der Waals surface area (Å²) in [6, 6.07) is 22.5. The van der Waals surface area contributed by atoms with E-state index in [1.54, 1.807) is 36.4 Å². The largest absolute Gasteiger partial charge is 0.348 e. The van der Waals surface area contributed by atoms with Crippen LogP contribution in [0.3, 0.4) is 0 Å². The minimum absolute atomic E-state index is 0.157. The lowest BCUT2D eigenvalue weighted by Crippen LogP contribution is -2.22. The average Bonchev–Trinajstić information content (AvgIpc) is 3.24. The summed E-state index contributed by atoms with van der Waals surface area (Å²) >= 11 is 0. The lowest BCUT2D eigenvalue weighted by Gasteiger charge is -2.05. The molecule has 3 aromatic carbocycles. The van der Waals surface area contributed by atoms with Gasteiger partial charge in [-0.15, -0.1) is 0 Å². The van der Waals surface area contributed by atoms with Crippen molar-refractivity contribution < 1.29 is 13.7 Å². The van der Waals surface area contributed by atoms with Gasteiger partial charge >= 0.3 is 0 Å². The van der Waals surface area contributed by atoms with Crippen LogP contribution in [0.15, 0.2) is 83.4 Å². The standard InChI is InChI=1S/C22H16FN3O2/c23-19-12-10-18(11-13-19)22-25-20(26-28-22)16-6-8-17(9-7-16)21(27)24-14-15-4-2-1-3-5-15/h1-13H,14H2,(H,24,27). The number of amides is 1. The molecule has 1 N–H and O–H groups in total. The Kier molecular flexibility index (Phi) is 4.93. The molecule has 0 aliphatic heterocycles. The molecule has 4 rings (SSSR count). The molecule has 0 unspecified atom stereocenters. The lowest BCUT2D eigenvalue weighted by atomic mass is 10.1. The van der Waals surface area contributed by atoms with Gasteiger partial charge in [0.05, 0.1) is 0 Å². The van der Waals surface area contributed by atoms with Crippen molar-refractivity contribution in [2.45, 2.75) is 6.54 Å². The monoisotopic (exact) mass is 373 g/mol. The van der Waals surface area contributed by atoms with Gasteiger partial charge in [-0.25, -0.2) is 4.39 Å². The molecule has 0 radical (unpaired) electrons. The second kappa shape index (κ2) is 7.84. The highest BCUT2D eigenvalue weighted by molar-refractivity contribution is 5.94. The number of nitrogens with one attached hydrogen (secondary N) is 1. The molecule has 138 valence electrons. The second-order valence-corrected chi connectivity index (χ2v) is 6.18. The molecule has 28 heavy (non-hydrogen) atoms. The SMILES string of the molecule is O=C(NCc1ccccc1)c1ccc(-c2noc(-c3ccc(F)cc3)n2)cc1. The summed E-state index contributed by atoms with van der Waals surface area (Å²) in [5.41, 5.74) is 2.93. The zero-order valence-corrected chi connectivity index (χ0v) is 14.8. The summed E-state index contributed by atoms with van der Waals surface area (Å²) in [5.74, 6) is 0.218. The van der Waals surface area contributed by atoms with E-state index in [0.717, 1.165) is 11.1 Å². The Hall–Kier alpha value is -3.80. The van der Waals surface area contributed by atoms with E-state index in [0.29, 0.717) is 29.4 Å². The topological polar surface area (TPSA) is 68.0 Å². The van der Waals surface area contributed by atoms with Gasteiger partial charge in [0.25, 0.3) is 11.8 Å². The maximum absolute atomic E-state index is 13.0. The lowest BCUT2D eigenvalue weighted by molar-refractivity contribution is 0.0951. The van der Waals surface area contributed by atoms with Crippen LogP contribution in [-0.4, -0.2) is 16.0 Å². The van der Waals surface area contributed by atoms with E-state index in [1.807, 2.05) is 30.3 Å². The fourth-order valence-electron chi connectivity index (χ4n) is 2.70. The van der Waals surface area contributed by atoms with Crippen LogP contribution in [0.5, 0.6) is 0 Å². The van der Waals surface area contributed by atoms with Crippen LogP contribution in [0.1, 0.15) is 15.9 Å². The number of rotatable bonds is 5. The first kappa shape index (κ1) is 17.6. The highest BCUT2D eigenvalue weighted by Gasteiger charge is 2.12. The number of halogens is 1. The molecule has 0 fully saturated rings. The molecule has 0 saturated carbocycles. The normalized spacial score (nSPS) is 10.6. The molecular formula is C22H16FN3O2. The van der Waals surface area contributed by atoms with Crippen LogP contribution in [-0.2, 0) is 6.54 Å². The van der Waals surface area contributed by atoms with E-state index in [9.17, 15) is 9.18 Å². The molecule has 0 bridgehead atoms. The number of benzene rings is 3. The Labute approximate surface area is 160 Å². The highest BCUT2D eigenvalue weighted by Crippen LogP contribution is 2.22. The first-order valence-electron chi connectivity index (χ1n) is 8.71. The molecule has 1 heterocycles. The summed E-state index contributed by atoms with van der Waals surface area (Å²) in [4.78, 5) is 16.6. The van der Waals surface area contributed by atoms with Crippen LogP contribution in [0.4, 0.5) is 4.39 Å². The third-order valence-electron chi connectivity index (χ3n) is 4.22. The zero-order chi connectivity index (χ0) is 19.3. The Balaban J connectivity index is 1.44. The minimum Gasteiger partial charge on any atom is -0.348 e. The third kappa shape index (κ3) is 3.96. The van der Waals surface area contributed by atoms with Crippen molar-refractivity contribution in [1.82, 2.24) is 15.5 Å². The summed E-state index contributed by atoms with van der Waals surface area (Å²) < 4.78 is 18.3. The molecule has 0 spiro atoms. The van der Waals surface area contributed by atoms with Crippen molar-refractivity contribution in [3.8, 4) is 22.8 Å². The van der Waals surface area contributed by atoms with Crippen molar-refractivity contribution in [3.05, 3.63) is 95.8 Å². The average molecular weight is 373 g/mol. The van der Waals surface area contributed by atoms with E-state index < -0.39 is 0 Å². The van der Waals surface area contributed by atoms with E-state index >= 15 is 0 Å². The summed E-state index contributed by atoms with van der Waals surface area (Å²) in [6.07, 6.45) is 0. The fraction of sp³-hybridized carbons (Fsp3) is 0.0455.